The first-order valence-electron chi connectivity index (χ1n) is 5.79. The van der Waals surface area contributed by atoms with Crippen molar-refractivity contribution in [2.24, 2.45) is 0 Å². The second kappa shape index (κ2) is 5.89. The van der Waals surface area contributed by atoms with E-state index in [1.54, 1.807) is 17.5 Å². The van der Waals surface area contributed by atoms with Crippen molar-refractivity contribution in [3.63, 3.8) is 0 Å². The molecule has 0 saturated heterocycles. The van der Waals surface area contributed by atoms with Crippen LogP contribution in [0.1, 0.15) is 29.1 Å². The van der Waals surface area contributed by atoms with Crippen LogP contribution in [-0.2, 0) is 6.42 Å². The van der Waals surface area contributed by atoms with Gasteiger partial charge in [-0.2, -0.15) is 0 Å². The minimum absolute atomic E-state index is 0.374. The predicted octanol–water partition coefficient (Wildman–Crippen LogP) is 2.74. The Kier molecular flexibility index (Phi) is 4.23. The van der Waals surface area contributed by atoms with Crippen LogP contribution in [0.2, 0.25) is 0 Å². The zero-order valence-corrected chi connectivity index (χ0v) is 11.0. The van der Waals surface area contributed by atoms with Crippen LogP contribution < -0.4 is 5.32 Å². The third-order valence-corrected chi connectivity index (χ3v) is 3.88. The highest BCUT2D eigenvalue weighted by Gasteiger charge is 2.09. The van der Waals surface area contributed by atoms with Crippen molar-refractivity contribution in [3.05, 3.63) is 46.2 Å². The molecule has 1 atom stereocenters. The lowest BCUT2D eigenvalue weighted by atomic mass is 10.2. The largest absolute Gasteiger partial charge is 0.309 e. The monoisotopic (exact) mass is 247 g/mol. The summed E-state index contributed by atoms with van der Waals surface area (Å²) >= 11 is 1.72. The normalized spacial score (nSPS) is 12.6. The van der Waals surface area contributed by atoms with Crippen LogP contribution in [-0.4, -0.2) is 16.5 Å². The Morgan fingerprint density at radius 3 is 3.00 bits per heavy atom. The van der Waals surface area contributed by atoms with E-state index in [2.05, 4.69) is 35.2 Å². The molecular formula is C13H17N3S. The maximum absolute atomic E-state index is 4.27. The summed E-state index contributed by atoms with van der Waals surface area (Å²) in [6, 6.07) is 4.46. The molecule has 0 aliphatic heterocycles. The average Bonchev–Trinajstić information content (AvgIpc) is 2.77. The summed E-state index contributed by atoms with van der Waals surface area (Å²) in [5, 5.41) is 3.52. The summed E-state index contributed by atoms with van der Waals surface area (Å²) in [5.74, 6) is 0. The van der Waals surface area contributed by atoms with Gasteiger partial charge in [0.15, 0.2) is 0 Å². The molecule has 2 rings (SSSR count). The molecule has 17 heavy (non-hydrogen) atoms. The van der Waals surface area contributed by atoms with Gasteiger partial charge in [0.2, 0.25) is 0 Å². The van der Waals surface area contributed by atoms with Crippen molar-refractivity contribution in [1.82, 2.24) is 15.3 Å². The number of hydrogen-bond donors (Lipinski definition) is 1. The van der Waals surface area contributed by atoms with Gasteiger partial charge in [-0.25, -0.2) is 4.98 Å². The van der Waals surface area contributed by atoms with Gasteiger partial charge in [0.1, 0.15) is 0 Å². The van der Waals surface area contributed by atoms with Crippen LogP contribution in [0.3, 0.4) is 0 Å². The predicted molar refractivity (Wildman–Crippen MR) is 71.2 cm³/mol. The Balaban J connectivity index is 1.81. The van der Waals surface area contributed by atoms with Crippen molar-refractivity contribution < 1.29 is 0 Å². The Hall–Kier alpha value is -1.26. The number of hydrogen-bond acceptors (Lipinski definition) is 4. The molecule has 0 radical (unpaired) electrons. The van der Waals surface area contributed by atoms with E-state index in [1.807, 2.05) is 17.8 Å². The molecule has 0 bridgehead atoms. The molecule has 0 amide bonds. The Bertz CT molecular complexity index is 453. The molecular weight excluding hydrogens is 230 g/mol. The number of thiazole rings is 1. The van der Waals surface area contributed by atoms with E-state index in [4.69, 9.17) is 0 Å². The molecule has 0 aliphatic rings. The highest BCUT2D eigenvalue weighted by molar-refractivity contribution is 7.09. The molecule has 4 heteroatoms. The van der Waals surface area contributed by atoms with E-state index in [9.17, 15) is 0 Å². The van der Waals surface area contributed by atoms with Gasteiger partial charge in [0, 0.05) is 23.3 Å². The molecule has 1 N–H and O–H groups in total. The van der Waals surface area contributed by atoms with Crippen LogP contribution in [0.25, 0.3) is 0 Å². The smallest absolute Gasteiger partial charge is 0.0798 e. The van der Waals surface area contributed by atoms with Gasteiger partial charge in [0.05, 0.1) is 11.2 Å². The van der Waals surface area contributed by atoms with Gasteiger partial charge in [-0.1, -0.05) is 6.07 Å². The van der Waals surface area contributed by atoms with E-state index in [1.165, 1.54) is 10.4 Å². The summed E-state index contributed by atoms with van der Waals surface area (Å²) < 4.78 is 0. The third-order valence-electron chi connectivity index (χ3n) is 2.76. The molecule has 0 aromatic carbocycles. The average molecular weight is 247 g/mol. The van der Waals surface area contributed by atoms with Crippen molar-refractivity contribution in [2.75, 3.05) is 6.54 Å². The van der Waals surface area contributed by atoms with Gasteiger partial charge in [-0.05, 0) is 38.4 Å². The molecule has 0 aliphatic carbocycles. The molecule has 2 aromatic rings. The van der Waals surface area contributed by atoms with Crippen LogP contribution in [0.4, 0.5) is 0 Å². The number of nitrogens with one attached hydrogen (secondary N) is 1. The third kappa shape index (κ3) is 3.35. The first kappa shape index (κ1) is 12.2. The number of aromatic nitrogens is 2. The molecule has 1 unspecified atom stereocenters. The topological polar surface area (TPSA) is 37.8 Å². The summed E-state index contributed by atoms with van der Waals surface area (Å²) in [6.07, 6.45) is 4.74. The van der Waals surface area contributed by atoms with Crippen molar-refractivity contribution in [1.29, 1.82) is 0 Å². The zero-order valence-electron chi connectivity index (χ0n) is 10.2. The molecule has 0 fully saturated rings. The first-order chi connectivity index (χ1) is 8.27. The maximum atomic E-state index is 4.27. The van der Waals surface area contributed by atoms with Crippen LogP contribution in [0.15, 0.2) is 30.0 Å². The summed E-state index contributed by atoms with van der Waals surface area (Å²) in [4.78, 5) is 9.71. The van der Waals surface area contributed by atoms with Gasteiger partial charge in [-0.15, -0.1) is 11.3 Å². The molecule has 0 saturated carbocycles. The van der Waals surface area contributed by atoms with E-state index in [0.717, 1.165) is 18.7 Å². The number of nitrogens with zero attached hydrogens (tertiary/aromatic N) is 2. The first-order valence-corrected chi connectivity index (χ1v) is 6.67. The minimum atomic E-state index is 0.374. The molecule has 2 heterocycles. The van der Waals surface area contributed by atoms with E-state index < -0.39 is 0 Å². The SMILES string of the molecule is Cc1ncsc1C(C)NCCc1cccnc1. The highest BCUT2D eigenvalue weighted by atomic mass is 32.1. The van der Waals surface area contributed by atoms with E-state index >= 15 is 0 Å². The molecule has 2 aromatic heterocycles. The number of aryl methyl sites for hydroxylation is 1. The molecule has 3 nitrogen and oxygen atoms in total. The molecule has 0 spiro atoms. The Morgan fingerprint density at radius 2 is 2.35 bits per heavy atom. The zero-order chi connectivity index (χ0) is 12.1. The van der Waals surface area contributed by atoms with Crippen molar-refractivity contribution in [3.8, 4) is 0 Å². The lowest BCUT2D eigenvalue weighted by Crippen LogP contribution is -2.21. The van der Waals surface area contributed by atoms with E-state index in [-0.39, 0.29) is 0 Å². The second-order valence-electron chi connectivity index (χ2n) is 4.09. The minimum Gasteiger partial charge on any atom is -0.309 e. The summed E-state index contributed by atoms with van der Waals surface area (Å²) in [7, 11) is 0. The van der Waals surface area contributed by atoms with E-state index in [0.29, 0.717) is 6.04 Å². The van der Waals surface area contributed by atoms with Crippen molar-refractivity contribution in [2.45, 2.75) is 26.3 Å². The quantitative estimate of drug-likeness (QED) is 0.883. The van der Waals surface area contributed by atoms with Crippen LogP contribution >= 0.6 is 11.3 Å². The lowest BCUT2D eigenvalue weighted by Gasteiger charge is -2.12. The summed E-state index contributed by atoms with van der Waals surface area (Å²) in [6.45, 7) is 5.21. The summed E-state index contributed by atoms with van der Waals surface area (Å²) in [5.41, 5.74) is 4.31. The highest BCUT2D eigenvalue weighted by Crippen LogP contribution is 2.20. The Morgan fingerprint density at radius 1 is 1.47 bits per heavy atom. The fourth-order valence-corrected chi connectivity index (χ4v) is 2.63. The number of rotatable bonds is 5. The second-order valence-corrected chi connectivity index (χ2v) is 4.98. The van der Waals surface area contributed by atoms with Gasteiger partial charge >= 0.3 is 0 Å². The fraction of sp³-hybridized carbons (Fsp3) is 0.385. The van der Waals surface area contributed by atoms with Gasteiger partial charge < -0.3 is 5.32 Å². The van der Waals surface area contributed by atoms with Crippen LogP contribution in [0, 0.1) is 6.92 Å². The fourth-order valence-electron chi connectivity index (χ4n) is 1.80. The van der Waals surface area contributed by atoms with Crippen LogP contribution in [0.5, 0.6) is 0 Å². The van der Waals surface area contributed by atoms with Gasteiger partial charge in [0.25, 0.3) is 0 Å². The standard InChI is InChI=1S/C13H17N3S/c1-10(13-11(2)16-9-17-13)15-7-5-12-4-3-6-14-8-12/h3-4,6,8-10,15H,5,7H2,1-2H3. The maximum Gasteiger partial charge on any atom is 0.0798 e. The molecule has 90 valence electrons. The lowest BCUT2D eigenvalue weighted by molar-refractivity contribution is 0.581. The number of pyridine rings is 1. The van der Waals surface area contributed by atoms with Crippen molar-refractivity contribution >= 4 is 11.3 Å². The van der Waals surface area contributed by atoms with Gasteiger partial charge in [-0.3, -0.25) is 4.98 Å². The Labute approximate surface area is 106 Å².